The van der Waals surface area contributed by atoms with Gasteiger partial charge in [-0.15, -0.1) is 11.3 Å². The number of thiophene rings is 1. The molecule has 0 bridgehead atoms. The summed E-state index contributed by atoms with van der Waals surface area (Å²) in [4.78, 5) is 3.72. The molecule has 1 atom stereocenters. The molecule has 0 saturated heterocycles. The first-order chi connectivity index (χ1) is 10.8. The van der Waals surface area contributed by atoms with E-state index in [1.807, 2.05) is 10.7 Å². The van der Waals surface area contributed by atoms with Crippen LogP contribution >= 0.6 is 11.3 Å². The van der Waals surface area contributed by atoms with E-state index in [1.165, 1.54) is 10.4 Å². The van der Waals surface area contributed by atoms with Crippen molar-refractivity contribution in [3.05, 3.63) is 39.3 Å². The van der Waals surface area contributed by atoms with Crippen LogP contribution in [0.25, 0.3) is 0 Å². The minimum Gasteiger partial charge on any atom is -0.386 e. The molecule has 3 heterocycles. The van der Waals surface area contributed by atoms with Gasteiger partial charge >= 0.3 is 0 Å². The van der Waals surface area contributed by atoms with E-state index in [1.54, 1.807) is 11.3 Å². The Morgan fingerprint density at radius 2 is 2.22 bits per heavy atom. The van der Waals surface area contributed by atoms with Crippen LogP contribution in [0.15, 0.2) is 17.5 Å². The van der Waals surface area contributed by atoms with E-state index in [9.17, 15) is 13.5 Å². The number of aromatic nitrogens is 2. The molecule has 2 aromatic rings. The van der Waals surface area contributed by atoms with Crippen LogP contribution in [-0.2, 0) is 29.5 Å². The third-order valence-corrected chi connectivity index (χ3v) is 5.96. The van der Waals surface area contributed by atoms with E-state index in [0.29, 0.717) is 5.69 Å². The fourth-order valence-electron chi connectivity index (χ4n) is 2.78. The van der Waals surface area contributed by atoms with Crippen LogP contribution < -0.4 is 0 Å². The van der Waals surface area contributed by atoms with Crippen molar-refractivity contribution in [1.29, 1.82) is 0 Å². The Morgan fingerprint density at radius 1 is 1.43 bits per heavy atom. The van der Waals surface area contributed by atoms with Crippen molar-refractivity contribution in [3.8, 4) is 0 Å². The highest BCUT2D eigenvalue weighted by molar-refractivity contribution is 7.90. The SMILES string of the molecule is Cc1ccsc1CN1CCn2nc([C@@H](O)CS(C)(=O)=O)cc2C1. The number of aliphatic hydroxyl groups is 1. The second-order valence-electron chi connectivity index (χ2n) is 6.13. The molecule has 2 aromatic heterocycles. The van der Waals surface area contributed by atoms with Crippen LogP contribution in [0.5, 0.6) is 0 Å². The molecule has 1 aliphatic rings. The second-order valence-corrected chi connectivity index (χ2v) is 9.31. The molecule has 0 aliphatic carbocycles. The number of aliphatic hydroxyl groups excluding tert-OH is 1. The Morgan fingerprint density at radius 3 is 2.87 bits per heavy atom. The first-order valence-electron chi connectivity index (χ1n) is 7.49. The van der Waals surface area contributed by atoms with Crippen molar-refractivity contribution < 1.29 is 13.5 Å². The fourth-order valence-corrected chi connectivity index (χ4v) is 4.47. The molecular weight excluding hydrogens is 334 g/mol. The second kappa shape index (κ2) is 6.35. The number of fused-ring (bicyclic) bond motifs is 1. The van der Waals surface area contributed by atoms with Gasteiger partial charge in [-0.05, 0) is 30.0 Å². The first kappa shape index (κ1) is 16.6. The van der Waals surface area contributed by atoms with Crippen molar-refractivity contribution in [2.24, 2.45) is 0 Å². The maximum Gasteiger partial charge on any atom is 0.150 e. The molecule has 1 N–H and O–H groups in total. The summed E-state index contributed by atoms with van der Waals surface area (Å²) in [7, 11) is -3.23. The molecule has 8 heteroatoms. The summed E-state index contributed by atoms with van der Waals surface area (Å²) < 4.78 is 24.5. The van der Waals surface area contributed by atoms with Crippen LogP contribution in [0, 0.1) is 6.92 Å². The Labute approximate surface area is 140 Å². The normalized spacial score (nSPS) is 17.2. The Bertz CT molecular complexity index is 795. The predicted molar refractivity (Wildman–Crippen MR) is 90.1 cm³/mol. The lowest BCUT2D eigenvalue weighted by molar-refractivity contribution is 0.191. The summed E-state index contributed by atoms with van der Waals surface area (Å²) in [5.74, 6) is -0.290. The summed E-state index contributed by atoms with van der Waals surface area (Å²) in [5.41, 5.74) is 2.78. The van der Waals surface area contributed by atoms with Crippen LogP contribution in [0.2, 0.25) is 0 Å². The van der Waals surface area contributed by atoms with Crippen LogP contribution in [0.3, 0.4) is 0 Å². The highest BCUT2D eigenvalue weighted by Gasteiger charge is 2.23. The molecular formula is C15H21N3O3S2. The molecule has 0 radical (unpaired) electrons. The molecule has 23 heavy (non-hydrogen) atoms. The van der Waals surface area contributed by atoms with Crippen molar-refractivity contribution >= 4 is 21.2 Å². The van der Waals surface area contributed by atoms with Gasteiger partial charge in [-0.25, -0.2) is 8.42 Å². The molecule has 0 saturated carbocycles. The summed E-state index contributed by atoms with van der Waals surface area (Å²) >= 11 is 1.77. The third-order valence-electron chi connectivity index (χ3n) is 4.03. The summed E-state index contributed by atoms with van der Waals surface area (Å²) in [6.45, 7) is 5.45. The zero-order chi connectivity index (χ0) is 16.6. The maximum atomic E-state index is 11.3. The summed E-state index contributed by atoms with van der Waals surface area (Å²) in [6, 6.07) is 3.96. The molecule has 0 fully saturated rings. The molecule has 1 aliphatic heterocycles. The minimum atomic E-state index is -3.23. The monoisotopic (exact) mass is 355 g/mol. The van der Waals surface area contributed by atoms with Gasteiger partial charge in [-0.1, -0.05) is 0 Å². The number of nitrogens with zero attached hydrogens (tertiary/aromatic N) is 3. The van der Waals surface area contributed by atoms with Crippen molar-refractivity contribution in [2.45, 2.75) is 32.7 Å². The lowest BCUT2D eigenvalue weighted by atomic mass is 10.2. The number of rotatable bonds is 5. The number of sulfone groups is 1. The van der Waals surface area contributed by atoms with E-state index in [-0.39, 0.29) is 5.75 Å². The fraction of sp³-hybridized carbons (Fsp3) is 0.533. The van der Waals surface area contributed by atoms with Crippen molar-refractivity contribution in [3.63, 3.8) is 0 Å². The van der Waals surface area contributed by atoms with Gasteiger partial charge in [0.2, 0.25) is 0 Å². The number of hydrogen-bond donors (Lipinski definition) is 1. The quantitative estimate of drug-likeness (QED) is 0.876. The minimum absolute atomic E-state index is 0.290. The van der Waals surface area contributed by atoms with E-state index < -0.39 is 15.9 Å². The highest BCUT2D eigenvalue weighted by atomic mass is 32.2. The van der Waals surface area contributed by atoms with Crippen molar-refractivity contribution in [1.82, 2.24) is 14.7 Å². The zero-order valence-corrected chi connectivity index (χ0v) is 14.9. The van der Waals surface area contributed by atoms with Gasteiger partial charge in [-0.2, -0.15) is 5.10 Å². The van der Waals surface area contributed by atoms with Gasteiger partial charge in [0.15, 0.2) is 0 Å². The molecule has 0 amide bonds. The zero-order valence-electron chi connectivity index (χ0n) is 13.3. The number of aryl methyl sites for hydroxylation is 1. The van der Waals surface area contributed by atoms with Gasteiger partial charge in [0.25, 0.3) is 0 Å². The Hall–Kier alpha value is -1.22. The lowest BCUT2D eigenvalue weighted by Crippen LogP contribution is -2.33. The molecule has 0 unspecified atom stereocenters. The van der Waals surface area contributed by atoms with Crippen LogP contribution in [-0.4, -0.2) is 46.8 Å². The van der Waals surface area contributed by atoms with E-state index in [0.717, 1.165) is 38.1 Å². The first-order valence-corrected chi connectivity index (χ1v) is 10.4. The van der Waals surface area contributed by atoms with Gasteiger partial charge in [0, 0.05) is 30.8 Å². The van der Waals surface area contributed by atoms with Gasteiger partial charge in [0.05, 0.1) is 23.7 Å². The summed E-state index contributed by atoms with van der Waals surface area (Å²) in [6.07, 6.45) is 0.0632. The average molecular weight is 355 g/mol. The van der Waals surface area contributed by atoms with Crippen molar-refractivity contribution in [2.75, 3.05) is 18.6 Å². The highest BCUT2D eigenvalue weighted by Crippen LogP contribution is 2.23. The maximum absolute atomic E-state index is 11.3. The predicted octanol–water partition coefficient (Wildman–Crippen LogP) is 1.35. The molecule has 6 nitrogen and oxygen atoms in total. The smallest absolute Gasteiger partial charge is 0.150 e. The lowest BCUT2D eigenvalue weighted by Gasteiger charge is -2.27. The van der Waals surface area contributed by atoms with Crippen LogP contribution in [0.1, 0.15) is 27.9 Å². The summed E-state index contributed by atoms with van der Waals surface area (Å²) in [5, 5.41) is 16.5. The largest absolute Gasteiger partial charge is 0.386 e. The van der Waals surface area contributed by atoms with Crippen LogP contribution in [0.4, 0.5) is 0 Å². The molecule has 3 rings (SSSR count). The standard InChI is InChI=1S/C15H21N3O3S2/c1-11-3-6-22-15(11)9-17-4-5-18-12(8-17)7-13(16-18)14(19)10-23(2,20)21/h3,6-7,14,19H,4-5,8-10H2,1-2H3/t14-/m0/s1. The van der Waals surface area contributed by atoms with Gasteiger partial charge < -0.3 is 5.11 Å². The van der Waals surface area contributed by atoms with E-state index in [2.05, 4.69) is 28.4 Å². The van der Waals surface area contributed by atoms with E-state index in [4.69, 9.17) is 0 Å². The Balaban J connectivity index is 1.70. The van der Waals surface area contributed by atoms with E-state index >= 15 is 0 Å². The molecule has 126 valence electrons. The molecule has 0 aromatic carbocycles. The molecule has 0 spiro atoms. The topological polar surface area (TPSA) is 75.4 Å². The van der Waals surface area contributed by atoms with Gasteiger partial charge in [-0.3, -0.25) is 9.58 Å². The van der Waals surface area contributed by atoms with Gasteiger partial charge in [0.1, 0.15) is 15.9 Å². The third kappa shape index (κ3) is 4.00. The number of hydrogen-bond acceptors (Lipinski definition) is 6. The average Bonchev–Trinajstić information content (AvgIpc) is 3.03. The Kier molecular flexibility index (Phi) is 4.59.